The second-order valence-electron chi connectivity index (χ2n) is 11.5. The summed E-state index contributed by atoms with van der Waals surface area (Å²) >= 11 is 0. The lowest BCUT2D eigenvalue weighted by molar-refractivity contribution is 0.228. The Balaban J connectivity index is 1.41. The Hall–Kier alpha value is -3.25. The number of halogens is 1. The monoisotopic (exact) mass is 562 g/mol. The first-order chi connectivity index (χ1) is 19.9. The smallest absolute Gasteiger partial charge is 0.165 e. The van der Waals surface area contributed by atoms with E-state index in [1.807, 2.05) is 30.4 Å². The Morgan fingerprint density at radius 3 is 2.66 bits per heavy atom. The number of phenols is 1. The van der Waals surface area contributed by atoms with Crippen LogP contribution in [0.1, 0.15) is 82.3 Å². The van der Waals surface area contributed by atoms with Crippen LogP contribution >= 0.6 is 0 Å². The van der Waals surface area contributed by atoms with Crippen molar-refractivity contribution >= 4 is 5.69 Å². The number of aromatic hydroxyl groups is 1. The van der Waals surface area contributed by atoms with Crippen LogP contribution in [0, 0.1) is 5.82 Å². The van der Waals surface area contributed by atoms with Crippen molar-refractivity contribution in [3.05, 3.63) is 88.5 Å². The lowest BCUT2D eigenvalue weighted by Crippen LogP contribution is -2.25. The first-order valence-corrected chi connectivity index (χ1v) is 15.3. The van der Waals surface area contributed by atoms with E-state index in [4.69, 9.17) is 4.74 Å². The summed E-state index contributed by atoms with van der Waals surface area (Å²) in [6, 6.07) is 10.9. The largest absolute Gasteiger partial charge is 0.508 e. The summed E-state index contributed by atoms with van der Waals surface area (Å²) in [6.07, 6.45) is 14.3. The Kier molecular flexibility index (Phi) is 11.3. The molecular weight excluding hydrogens is 515 g/mol. The van der Waals surface area contributed by atoms with Gasteiger partial charge in [-0.25, -0.2) is 4.39 Å². The molecule has 2 N–H and O–H groups in total. The molecule has 0 spiro atoms. The Labute approximate surface area is 245 Å². The summed E-state index contributed by atoms with van der Waals surface area (Å²) in [5.41, 5.74) is 5.67. The van der Waals surface area contributed by atoms with Gasteiger partial charge in [0.15, 0.2) is 11.6 Å². The van der Waals surface area contributed by atoms with Gasteiger partial charge < -0.3 is 24.7 Å². The van der Waals surface area contributed by atoms with E-state index in [-0.39, 0.29) is 17.3 Å². The minimum atomic E-state index is -0.343. The third-order valence-electron chi connectivity index (χ3n) is 8.35. The van der Waals surface area contributed by atoms with Gasteiger partial charge in [0, 0.05) is 31.4 Å². The van der Waals surface area contributed by atoms with Crippen molar-refractivity contribution in [2.45, 2.75) is 77.7 Å². The van der Waals surface area contributed by atoms with E-state index < -0.39 is 0 Å². The number of allylic oxidation sites excluding steroid dienone is 5. The number of ether oxygens (including phenoxy) is 1. The van der Waals surface area contributed by atoms with Crippen LogP contribution in [-0.4, -0.2) is 48.4 Å². The molecule has 2 aliphatic carbocycles. The highest BCUT2D eigenvalue weighted by Gasteiger charge is 2.26. The van der Waals surface area contributed by atoms with Crippen molar-refractivity contribution in [3.63, 3.8) is 0 Å². The van der Waals surface area contributed by atoms with Crippen LogP contribution in [0.3, 0.4) is 0 Å². The molecule has 0 aromatic heterocycles. The molecule has 0 saturated heterocycles. The molecule has 0 aliphatic heterocycles. The zero-order valence-electron chi connectivity index (χ0n) is 25.0. The van der Waals surface area contributed by atoms with Crippen LogP contribution in [0.5, 0.6) is 11.5 Å². The molecule has 1 atom stereocenters. The van der Waals surface area contributed by atoms with E-state index in [9.17, 15) is 10.2 Å². The predicted octanol–water partition coefficient (Wildman–Crippen LogP) is 8.41. The van der Waals surface area contributed by atoms with E-state index in [0.29, 0.717) is 24.8 Å². The number of rotatable bonds is 14. The maximum absolute atomic E-state index is 15.0. The molecule has 0 bridgehead atoms. The molecule has 4 rings (SSSR count). The number of benzene rings is 2. The van der Waals surface area contributed by atoms with Crippen LogP contribution in [0.4, 0.5) is 10.1 Å². The van der Waals surface area contributed by atoms with E-state index in [1.165, 1.54) is 42.4 Å². The van der Waals surface area contributed by atoms with Crippen LogP contribution in [-0.2, 0) is 6.54 Å². The van der Waals surface area contributed by atoms with E-state index in [0.717, 1.165) is 56.6 Å². The average Bonchev–Trinajstić information content (AvgIpc) is 3.15. The fraction of sp³-hybridized carbons (Fsp3) is 0.486. The summed E-state index contributed by atoms with van der Waals surface area (Å²) < 4.78 is 20.8. The molecule has 2 aliphatic rings. The third kappa shape index (κ3) is 8.62. The van der Waals surface area contributed by atoms with Crippen molar-refractivity contribution in [1.82, 2.24) is 4.90 Å². The highest BCUT2D eigenvalue weighted by Crippen LogP contribution is 2.43. The van der Waals surface area contributed by atoms with E-state index in [2.05, 4.69) is 30.7 Å². The molecule has 2 aromatic rings. The van der Waals surface area contributed by atoms with Gasteiger partial charge in [-0.15, -0.1) is 0 Å². The normalized spacial score (nSPS) is 16.9. The van der Waals surface area contributed by atoms with Crippen LogP contribution in [0.15, 0.2) is 71.5 Å². The molecule has 0 amide bonds. The first kappa shape index (κ1) is 30.7. The minimum absolute atomic E-state index is 0.230. The number of aliphatic hydroxyl groups is 1. The van der Waals surface area contributed by atoms with Crippen molar-refractivity contribution in [2.75, 3.05) is 38.2 Å². The van der Waals surface area contributed by atoms with Crippen LogP contribution in [0.2, 0.25) is 0 Å². The van der Waals surface area contributed by atoms with Gasteiger partial charge >= 0.3 is 0 Å². The second kappa shape index (κ2) is 15.1. The number of anilines is 1. The zero-order chi connectivity index (χ0) is 29.2. The van der Waals surface area contributed by atoms with Crippen LogP contribution in [0.25, 0.3) is 0 Å². The summed E-state index contributed by atoms with van der Waals surface area (Å²) in [7, 11) is 2.09. The number of unbranched alkanes of at least 4 members (excludes halogenated alkanes) is 3. The molecule has 222 valence electrons. The lowest BCUT2D eigenvalue weighted by atomic mass is 9.78. The van der Waals surface area contributed by atoms with Gasteiger partial charge in [0.25, 0.3) is 0 Å². The van der Waals surface area contributed by atoms with Gasteiger partial charge in [-0.1, -0.05) is 50.0 Å². The number of likely N-dealkylation sites (N-methyl/N-ethyl adjacent to an activating group) is 1. The lowest BCUT2D eigenvalue weighted by Gasteiger charge is -2.32. The second-order valence-corrected chi connectivity index (χ2v) is 11.5. The summed E-state index contributed by atoms with van der Waals surface area (Å²) in [6.45, 7) is 7.82. The SMILES string of the molecule is CCCCCCN(C)CCOc1ccc(CN(CC)c2cc(O)ccc2C2CCC3=C(CC=CC(O)=C3)C2)cc1F. The van der Waals surface area contributed by atoms with Gasteiger partial charge in [0.05, 0.1) is 0 Å². The predicted molar refractivity (Wildman–Crippen MR) is 166 cm³/mol. The summed E-state index contributed by atoms with van der Waals surface area (Å²) in [5, 5.41) is 20.5. The molecule has 6 heteroatoms. The number of hydrogen-bond acceptors (Lipinski definition) is 5. The Bertz CT molecular complexity index is 1250. The topological polar surface area (TPSA) is 56.2 Å². The third-order valence-corrected chi connectivity index (χ3v) is 8.35. The van der Waals surface area contributed by atoms with Crippen molar-refractivity contribution in [2.24, 2.45) is 0 Å². The maximum atomic E-state index is 15.0. The number of phenolic OH excluding ortho intramolecular Hbond substituents is 1. The van der Waals surface area contributed by atoms with Crippen molar-refractivity contribution in [1.29, 1.82) is 0 Å². The minimum Gasteiger partial charge on any atom is -0.508 e. The number of aliphatic hydroxyl groups excluding tert-OH is 1. The Morgan fingerprint density at radius 2 is 1.88 bits per heavy atom. The molecule has 5 nitrogen and oxygen atoms in total. The van der Waals surface area contributed by atoms with Crippen LogP contribution < -0.4 is 9.64 Å². The van der Waals surface area contributed by atoms with Gasteiger partial charge in [-0.3, -0.25) is 0 Å². The fourth-order valence-corrected chi connectivity index (χ4v) is 5.97. The molecule has 2 aromatic carbocycles. The molecule has 0 heterocycles. The maximum Gasteiger partial charge on any atom is 0.165 e. The van der Waals surface area contributed by atoms with Gasteiger partial charge in [-0.05, 0) is 106 Å². The highest BCUT2D eigenvalue weighted by atomic mass is 19.1. The van der Waals surface area contributed by atoms with Gasteiger partial charge in [0.1, 0.15) is 18.1 Å². The first-order valence-electron chi connectivity index (χ1n) is 15.3. The fourth-order valence-electron chi connectivity index (χ4n) is 5.97. The quantitative estimate of drug-likeness (QED) is 0.226. The van der Waals surface area contributed by atoms with Crippen molar-refractivity contribution in [3.8, 4) is 11.5 Å². The zero-order valence-corrected chi connectivity index (χ0v) is 25.0. The number of nitrogens with zero attached hydrogens (tertiary/aromatic N) is 2. The number of hydrogen-bond donors (Lipinski definition) is 2. The van der Waals surface area contributed by atoms with Gasteiger partial charge in [-0.2, -0.15) is 0 Å². The summed E-state index contributed by atoms with van der Waals surface area (Å²) in [5.74, 6) is 0.818. The molecule has 41 heavy (non-hydrogen) atoms. The Morgan fingerprint density at radius 1 is 1.02 bits per heavy atom. The molecule has 0 saturated carbocycles. The average molecular weight is 563 g/mol. The van der Waals surface area contributed by atoms with E-state index >= 15 is 4.39 Å². The standard InChI is InChI=1S/C35H47FN2O3/c1-4-6-7-8-18-37(3)19-20-41-35-17-12-26(21-33(35)36)25-38(5-2)34-24-31(40)15-16-32(34)29-14-13-28-23-30(39)11-9-10-27(28)22-29/h9,11-12,15-17,21,23-24,29,39-40H,4-8,10,13-14,18-20,22,25H2,1-3H3. The molecule has 0 radical (unpaired) electrons. The van der Waals surface area contributed by atoms with Crippen molar-refractivity contribution < 1.29 is 19.3 Å². The highest BCUT2D eigenvalue weighted by molar-refractivity contribution is 5.59. The summed E-state index contributed by atoms with van der Waals surface area (Å²) in [4.78, 5) is 4.45. The molecular formula is C35H47FN2O3. The van der Waals surface area contributed by atoms with E-state index in [1.54, 1.807) is 24.3 Å². The molecule has 0 fully saturated rings. The molecule has 1 unspecified atom stereocenters. The van der Waals surface area contributed by atoms with Gasteiger partial charge in [0.2, 0.25) is 0 Å².